The zero-order valence-corrected chi connectivity index (χ0v) is 9.54. The minimum Gasteiger partial charge on any atom is -0.397 e. The molecule has 1 saturated heterocycles. The summed E-state index contributed by atoms with van der Waals surface area (Å²) >= 11 is 1.52. The van der Waals surface area contributed by atoms with E-state index < -0.39 is 0 Å². The van der Waals surface area contributed by atoms with Crippen LogP contribution in [-0.4, -0.2) is 23.2 Å². The minimum atomic E-state index is 0.523. The predicted octanol–water partition coefficient (Wildman–Crippen LogP) is 1.98. The number of anilines is 2. The van der Waals surface area contributed by atoms with E-state index >= 15 is 0 Å². The standard InChI is InChI=1S/C10H12N4OS/c11-7-3-6-16-8(7)9-12-10(13-15-9)14-4-1-2-5-14/h3,6H,1-2,4-5,11H2. The lowest BCUT2D eigenvalue weighted by molar-refractivity contribution is 0.431. The molecule has 0 aromatic carbocycles. The van der Waals surface area contributed by atoms with Gasteiger partial charge in [0.25, 0.3) is 11.8 Å². The van der Waals surface area contributed by atoms with E-state index in [4.69, 9.17) is 10.3 Å². The summed E-state index contributed by atoms with van der Waals surface area (Å²) in [5, 5.41) is 5.91. The van der Waals surface area contributed by atoms with Crippen molar-refractivity contribution in [1.82, 2.24) is 10.1 Å². The van der Waals surface area contributed by atoms with Gasteiger partial charge in [0.05, 0.1) is 5.69 Å². The molecule has 0 spiro atoms. The summed E-state index contributed by atoms with van der Waals surface area (Å²) in [6.07, 6.45) is 2.40. The summed E-state index contributed by atoms with van der Waals surface area (Å²) in [5.41, 5.74) is 6.50. The van der Waals surface area contributed by atoms with E-state index in [0.29, 0.717) is 17.5 Å². The molecule has 0 atom stereocenters. The molecular formula is C10H12N4OS. The van der Waals surface area contributed by atoms with Crippen LogP contribution in [0.2, 0.25) is 0 Å². The van der Waals surface area contributed by atoms with Crippen molar-refractivity contribution in [2.45, 2.75) is 12.8 Å². The summed E-state index contributed by atoms with van der Waals surface area (Å²) in [6.45, 7) is 2.03. The number of aromatic nitrogens is 2. The summed E-state index contributed by atoms with van der Waals surface area (Å²) < 4.78 is 5.23. The number of rotatable bonds is 2. The van der Waals surface area contributed by atoms with Gasteiger partial charge >= 0.3 is 0 Å². The molecule has 0 aliphatic carbocycles. The smallest absolute Gasteiger partial charge is 0.271 e. The third-order valence-electron chi connectivity index (χ3n) is 2.69. The second-order valence-corrected chi connectivity index (χ2v) is 4.71. The van der Waals surface area contributed by atoms with Crippen LogP contribution < -0.4 is 10.6 Å². The van der Waals surface area contributed by atoms with Gasteiger partial charge in [-0.15, -0.1) is 11.3 Å². The average Bonchev–Trinajstić information content (AvgIpc) is 2.96. The number of nitrogen functional groups attached to an aromatic ring is 1. The van der Waals surface area contributed by atoms with Crippen molar-refractivity contribution in [3.05, 3.63) is 11.4 Å². The molecule has 1 fully saturated rings. The van der Waals surface area contributed by atoms with Crippen molar-refractivity contribution in [3.63, 3.8) is 0 Å². The van der Waals surface area contributed by atoms with Crippen LogP contribution in [0, 0.1) is 0 Å². The Morgan fingerprint density at radius 2 is 2.19 bits per heavy atom. The normalized spacial score (nSPS) is 15.9. The van der Waals surface area contributed by atoms with E-state index in [2.05, 4.69) is 15.0 Å². The Balaban J connectivity index is 1.90. The summed E-state index contributed by atoms with van der Waals surface area (Å²) in [4.78, 5) is 7.37. The molecule has 0 saturated carbocycles. The fourth-order valence-corrected chi connectivity index (χ4v) is 2.59. The Morgan fingerprint density at radius 3 is 2.88 bits per heavy atom. The maximum atomic E-state index is 5.80. The van der Waals surface area contributed by atoms with Crippen LogP contribution in [-0.2, 0) is 0 Å². The number of thiophene rings is 1. The van der Waals surface area contributed by atoms with Gasteiger partial charge in [-0.2, -0.15) is 4.98 Å². The molecule has 2 aromatic rings. The molecule has 16 heavy (non-hydrogen) atoms. The van der Waals surface area contributed by atoms with Crippen LogP contribution in [0.25, 0.3) is 10.8 Å². The van der Waals surface area contributed by atoms with Crippen LogP contribution in [0.4, 0.5) is 11.6 Å². The molecule has 5 nitrogen and oxygen atoms in total. The fraction of sp³-hybridized carbons (Fsp3) is 0.400. The Bertz CT molecular complexity index is 486. The van der Waals surface area contributed by atoms with Crippen LogP contribution in [0.5, 0.6) is 0 Å². The van der Waals surface area contributed by atoms with E-state index in [-0.39, 0.29) is 0 Å². The molecule has 0 amide bonds. The highest BCUT2D eigenvalue weighted by Gasteiger charge is 2.19. The number of nitrogens with two attached hydrogens (primary N) is 1. The topological polar surface area (TPSA) is 68.2 Å². The van der Waals surface area contributed by atoms with Gasteiger partial charge in [0.1, 0.15) is 4.88 Å². The largest absolute Gasteiger partial charge is 0.397 e. The Morgan fingerprint density at radius 1 is 1.38 bits per heavy atom. The maximum absolute atomic E-state index is 5.80. The number of hydrogen-bond donors (Lipinski definition) is 1. The molecule has 1 aliphatic heterocycles. The zero-order valence-electron chi connectivity index (χ0n) is 8.72. The van der Waals surface area contributed by atoms with Crippen LogP contribution >= 0.6 is 11.3 Å². The van der Waals surface area contributed by atoms with E-state index in [0.717, 1.165) is 18.0 Å². The van der Waals surface area contributed by atoms with Crippen LogP contribution in [0.3, 0.4) is 0 Å². The van der Waals surface area contributed by atoms with E-state index in [9.17, 15) is 0 Å². The first kappa shape index (κ1) is 9.65. The molecule has 0 radical (unpaired) electrons. The first-order chi connectivity index (χ1) is 7.84. The number of nitrogens with zero attached hydrogens (tertiary/aromatic N) is 3. The summed E-state index contributed by atoms with van der Waals surface area (Å²) in [7, 11) is 0. The van der Waals surface area contributed by atoms with Crippen LogP contribution in [0.1, 0.15) is 12.8 Å². The molecular weight excluding hydrogens is 224 g/mol. The fourth-order valence-electron chi connectivity index (χ4n) is 1.85. The predicted molar refractivity (Wildman–Crippen MR) is 63.5 cm³/mol. The zero-order chi connectivity index (χ0) is 11.0. The highest BCUT2D eigenvalue weighted by molar-refractivity contribution is 7.14. The monoisotopic (exact) mass is 236 g/mol. The van der Waals surface area contributed by atoms with Gasteiger partial charge in [-0.05, 0) is 29.4 Å². The average molecular weight is 236 g/mol. The van der Waals surface area contributed by atoms with Gasteiger partial charge in [0.2, 0.25) is 0 Å². The quantitative estimate of drug-likeness (QED) is 0.863. The first-order valence-corrected chi connectivity index (χ1v) is 6.14. The molecule has 3 rings (SSSR count). The Hall–Kier alpha value is -1.56. The molecule has 0 bridgehead atoms. The molecule has 1 aliphatic rings. The lowest BCUT2D eigenvalue weighted by Gasteiger charge is -2.09. The van der Waals surface area contributed by atoms with Gasteiger partial charge in [0.15, 0.2) is 0 Å². The van der Waals surface area contributed by atoms with Crippen LogP contribution in [0.15, 0.2) is 16.0 Å². The first-order valence-electron chi connectivity index (χ1n) is 5.26. The van der Waals surface area contributed by atoms with Crippen molar-refractivity contribution in [2.75, 3.05) is 23.7 Å². The van der Waals surface area contributed by atoms with Gasteiger partial charge in [-0.3, -0.25) is 0 Å². The molecule has 84 valence electrons. The molecule has 0 unspecified atom stereocenters. The number of hydrogen-bond acceptors (Lipinski definition) is 6. The summed E-state index contributed by atoms with van der Waals surface area (Å²) in [5.74, 6) is 1.20. The van der Waals surface area contributed by atoms with Gasteiger partial charge in [-0.25, -0.2) is 0 Å². The Labute approximate surface area is 96.9 Å². The highest BCUT2D eigenvalue weighted by atomic mass is 32.1. The van der Waals surface area contributed by atoms with Crippen molar-refractivity contribution in [1.29, 1.82) is 0 Å². The van der Waals surface area contributed by atoms with E-state index in [1.165, 1.54) is 24.2 Å². The third kappa shape index (κ3) is 1.55. The molecule has 2 N–H and O–H groups in total. The van der Waals surface area contributed by atoms with E-state index in [1.54, 1.807) is 0 Å². The molecule has 6 heteroatoms. The molecule has 2 aromatic heterocycles. The van der Waals surface area contributed by atoms with Crippen molar-refractivity contribution in [3.8, 4) is 10.8 Å². The van der Waals surface area contributed by atoms with Gasteiger partial charge in [0, 0.05) is 13.1 Å². The van der Waals surface area contributed by atoms with Crippen molar-refractivity contribution < 1.29 is 4.52 Å². The lowest BCUT2D eigenvalue weighted by Crippen LogP contribution is -2.18. The van der Waals surface area contributed by atoms with Gasteiger partial charge in [-0.1, -0.05) is 0 Å². The molecule has 3 heterocycles. The summed E-state index contributed by atoms with van der Waals surface area (Å²) in [6, 6.07) is 1.85. The Kier molecular flexibility index (Phi) is 2.28. The van der Waals surface area contributed by atoms with Gasteiger partial charge < -0.3 is 15.2 Å². The SMILES string of the molecule is Nc1ccsc1-c1nc(N2CCCC2)no1. The highest BCUT2D eigenvalue weighted by Crippen LogP contribution is 2.31. The minimum absolute atomic E-state index is 0.523. The second-order valence-electron chi connectivity index (χ2n) is 3.80. The lowest BCUT2D eigenvalue weighted by atomic mass is 10.4. The van der Waals surface area contributed by atoms with Crippen molar-refractivity contribution in [2.24, 2.45) is 0 Å². The van der Waals surface area contributed by atoms with E-state index in [1.807, 2.05) is 11.4 Å². The maximum Gasteiger partial charge on any atom is 0.271 e. The van der Waals surface area contributed by atoms with Crippen molar-refractivity contribution >= 4 is 23.0 Å². The third-order valence-corrected chi connectivity index (χ3v) is 3.61. The second kappa shape index (κ2) is 3.79.